The number of carbonyl (C=O) groups excluding carboxylic acids is 2. The second-order valence-electron chi connectivity index (χ2n) is 5.25. The summed E-state index contributed by atoms with van der Waals surface area (Å²) in [6.45, 7) is 3.47. The van der Waals surface area contributed by atoms with E-state index in [0.29, 0.717) is 6.42 Å². The van der Waals surface area contributed by atoms with Gasteiger partial charge in [0.15, 0.2) is 5.84 Å². The number of amidine groups is 1. The van der Waals surface area contributed by atoms with E-state index in [-0.39, 0.29) is 38.2 Å². The van der Waals surface area contributed by atoms with Crippen LogP contribution in [0.1, 0.15) is 39.5 Å². The van der Waals surface area contributed by atoms with Crippen molar-refractivity contribution in [3.63, 3.8) is 0 Å². The van der Waals surface area contributed by atoms with Crippen molar-refractivity contribution in [1.29, 1.82) is 5.41 Å². The summed E-state index contributed by atoms with van der Waals surface area (Å²) >= 11 is 0. The zero-order chi connectivity index (χ0) is 18.7. The summed E-state index contributed by atoms with van der Waals surface area (Å²) in [6, 6.07) is 0. The molecule has 9 nitrogen and oxygen atoms in total. The highest BCUT2D eigenvalue weighted by atomic mass is 17.0. The molecule has 1 aliphatic rings. The van der Waals surface area contributed by atoms with Crippen LogP contribution in [0.3, 0.4) is 0 Å². The maximum absolute atomic E-state index is 12.0. The molecule has 0 saturated heterocycles. The topological polar surface area (TPSA) is 118 Å². The highest BCUT2D eigenvalue weighted by molar-refractivity contribution is 5.95. The normalized spacial score (nSPS) is 14.4. The zero-order valence-corrected chi connectivity index (χ0v) is 14.7. The third-order valence-electron chi connectivity index (χ3n) is 3.39. The van der Waals surface area contributed by atoms with Gasteiger partial charge in [-0.25, -0.2) is 14.4 Å². The van der Waals surface area contributed by atoms with Crippen LogP contribution in [0.5, 0.6) is 0 Å². The van der Waals surface area contributed by atoms with Gasteiger partial charge in [-0.3, -0.25) is 5.41 Å². The molecule has 142 valence electrons. The third kappa shape index (κ3) is 7.10. The minimum Gasteiger partial charge on any atom is -0.463 e. The summed E-state index contributed by atoms with van der Waals surface area (Å²) in [5, 5.41) is 17.8. The van der Waals surface area contributed by atoms with Gasteiger partial charge in [0, 0.05) is 12.5 Å². The van der Waals surface area contributed by atoms with Gasteiger partial charge in [0.05, 0.1) is 25.9 Å². The largest absolute Gasteiger partial charge is 0.463 e. The molecule has 25 heavy (non-hydrogen) atoms. The summed E-state index contributed by atoms with van der Waals surface area (Å²) in [7, 11) is 0. The van der Waals surface area contributed by atoms with Crippen LogP contribution in [0.25, 0.3) is 0 Å². The molecule has 9 heteroatoms. The number of aliphatic hydroxyl groups excluding tert-OH is 1. The molecule has 0 aromatic carbocycles. The molecule has 0 heterocycles. The zero-order valence-electron chi connectivity index (χ0n) is 14.7. The van der Waals surface area contributed by atoms with Crippen molar-refractivity contribution in [2.24, 2.45) is 5.92 Å². The van der Waals surface area contributed by atoms with E-state index < -0.39 is 17.7 Å². The number of hydrogen-bond acceptors (Lipinski definition) is 8. The number of nitrogens with one attached hydrogen (secondary N) is 1. The van der Waals surface area contributed by atoms with Crippen molar-refractivity contribution in [1.82, 2.24) is 5.23 Å². The molecule has 1 aliphatic carbocycles. The maximum Gasteiger partial charge on any atom is 0.377 e. The number of aliphatic hydroxyl groups is 1. The average molecular weight is 358 g/mol. The van der Waals surface area contributed by atoms with Crippen molar-refractivity contribution >= 4 is 17.8 Å². The second kappa shape index (κ2) is 11.4. The van der Waals surface area contributed by atoms with Crippen LogP contribution < -0.4 is 0 Å². The molecule has 0 aromatic heterocycles. The maximum atomic E-state index is 12.0. The first-order chi connectivity index (χ1) is 12.0. The average Bonchev–Trinajstić information content (AvgIpc) is 2.51. The number of hydroxylamine groups is 2. The SMILES string of the molecule is CCOC(=O)/C=C(/ON(OCCCO)C(=N)C1CCC1)C(=O)OCC. The molecule has 0 unspecified atom stereocenters. The minimum absolute atomic E-state index is 0.0415. The van der Waals surface area contributed by atoms with Crippen LogP contribution in [0.15, 0.2) is 11.8 Å². The number of carbonyl (C=O) groups is 2. The van der Waals surface area contributed by atoms with Gasteiger partial charge >= 0.3 is 11.9 Å². The van der Waals surface area contributed by atoms with Crippen molar-refractivity contribution in [2.45, 2.75) is 39.5 Å². The van der Waals surface area contributed by atoms with E-state index in [1.54, 1.807) is 13.8 Å². The first-order valence-corrected chi connectivity index (χ1v) is 8.39. The molecule has 1 rings (SSSR count). The molecule has 0 amide bonds. The van der Waals surface area contributed by atoms with Crippen molar-refractivity contribution in [2.75, 3.05) is 26.4 Å². The molecule has 0 spiro atoms. The highest BCUT2D eigenvalue weighted by Gasteiger charge is 2.30. The smallest absolute Gasteiger partial charge is 0.377 e. The Bertz CT molecular complexity index is 489. The van der Waals surface area contributed by atoms with Gasteiger partial charge in [-0.15, -0.1) is 0 Å². The van der Waals surface area contributed by atoms with Gasteiger partial charge in [0.2, 0.25) is 5.76 Å². The van der Waals surface area contributed by atoms with E-state index in [0.717, 1.165) is 30.6 Å². The predicted molar refractivity (Wildman–Crippen MR) is 87.0 cm³/mol. The van der Waals surface area contributed by atoms with E-state index in [1.165, 1.54) is 0 Å². The van der Waals surface area contributed by atoms with Crippen molar-refractivity contribution in [3.05, 3.63) is 11.8 Å². The Morgan fingerprint density at radius 1 is 1.24 bits per heavy atom. The molecule has 1 fully saturated rings. The molecule has 2 N–H and O–H groups in total. The Morgan fingerprint density at radius 3 is 2.44 bits per heavy atom. The number of ether oxygens (including phenoxy) is 2. The van der Waals surface area contributed by atoms with Crippen LogP contribution in [0.4, 0.5) is 0 Å². The summed E-state index contributed by atoms with van der Waals surface area (Å²) in [6.07, 6.45) is 3.82. The first-order valence-electron chi connectivity index (χ1n) is 8.39. The van der Waals surface area contributed by atoms with E-state index in [4.69, 9.17) is 29.7 Å². The van der Waals surface area contributed by atoms with Crippen molar-refractivity contribution < 1.29 is 33.8 Å². The molecule has 0 bridgehead atoms. The lowest BCUT2D eigenvalue weighted by Crippen LogP contribution is -2.39. The van der Waals surface area contributed by atoms with Crippen LogP contribution in [-0.4, -0.2) is 54.5 Å². The molecular formula is C16H26N2O7. The first kappa shape index (κ1) is 20.9. The summed E-state index contributed by atoms with van der Waals surface area (Å²) in [4.78, 5) is 34.3. The highest BCUT2D eigenvalue weighted by Crippen LogP contribution is 2.29. The summed E-state index contributed by atoms with van der Waals surface area (Å²) in [5.74, 6) is -2.07. The van der Waals surface area contributed by atoms with Crippen LogP contribution in [0, 0.1) is 11.3 Å². The lowest BCUT2D eigenvalue weighted by molar-refractivity contribution is -0.300. The number of rotatable bonds is 11. The molecule has 0 aromatic rings. The van der Waals surface area contributed by atoms with E-state index in [9.17, 15) is 9.59 Å². The van der Waals surface area contributed by atoms with E-state index in [2.05, 4.69) is 0 Å². The summed E-state index contributed by atoms with van der Waals surface area (Å²) in [5.41, 5.74) is 0. The van der Waals surface area contributed by atoms with E-state index >= 15 is 0 Å². The van der Waals surface area contributed by atoms with Gasteiger partial charge in [-0.05, 0) is 33.1 Å². The predicted octanol–water partition coefficient (Wildman–Crippen LogP) is 1.32. The van der Waals surface area contributed by atoms with Gasteiger partial charge in [0.25, 0.3) is 0 Å². The molecule has 0 aliphatic heterocycles. The molecular weight excluding hydrogens is 332 g/mol. The monoisotopic (exact) mass is 358 g/mol. The number of esters is 2. The standard InChI is InChI=1S/C16H26N2O7/c1-3-22-14(20)11-13(16(21)23-4-2)25-18(24-10-6-9-19)15(17)12-7-5-8-12/h11-12,17,19H,3-10H2,1-2H3/b13-11+,17-15?. The lowest BCUT2D eigenvalue weighted by Gasteiger charge is -2.32. The van der Waals surface area contributed by atoms with Gasteiger partial charge < -0.3 is 19.4 Å². The quantitative estimate of drug-likeness (QED) is 0.108. The Hall–Kier alpha value is -2.13. The van der Waals surface area contributed by atoms with Crippen molar-refractivity contribution in [3.8, 4) is 0 Å². The lowest BCUT2D eigenvalue weighted by atomic mass is 9.84. The minimum atomic E-state index is -0.868. The Balaban J connectivity index is 2.88. The molecule has 1 saturated carbocycles. The van der Waals surface area contributed by atoms with Crippen LogP contribution in [-0.2, 0) is 28.7 Å². The van der Waals surface area contributed by atoms with Gasteiger partial charge in [-0.1, -0.05) is 11.6 Å². The number of hydrogen-bond donors (Lipinski definition) is 2. The fraction of sp³-hybridized carbons (Fsp3) is 0.688. The Kier molecular flexibility index (Phi) is 9.56. The van der Waals surface area contributed by atoms with Crippen LogP contribution >= 0.6 is 0 Å². The van der Waals surface area contributed by atoms with Gasteiger partial charge in [0.1, 0.15) is 0 Å². The van der Waals surface area contributed by atoms with Gasteiger partial charge in [-0.2, -0.15) is 0 Å². The second-order valence-corrected chi connectivity index (χ2v) is 5.25. The Labute approximate surface area is 146 Å². The Morgan fingerprint density at radius 2 is 1.92 bits per heavy atom. The fourth-order valence-electron chi connectivity index (χ4n) is 1.89. The van der Waals surface area contributed by atoms with E-state index in [1.807, 2.05) is 0 Å². The molecule has 0 atom stereocenters. The fourth-order valence-corrected chi connectivity index (χ4v) is 1.89. The number of nitrogens with zero attached hydrogens (tertiary/aromatic N) is 1. The third-order valence-corrected chi connectivity index (χ3v) is 3.39. The van der Waals surface area contributed by atoms with Crippen LogP contribution in [0.2, 0.25) is 0 Å². The summed E-state index contributed by atoms with van der Waals surface area (Å²) < 4.78 is 9.63. The molecule has 0 radical (unpaired) electrons.